The Morgan fingerprint density at radius 2 is 1.35 bits per heavy atom. The fourth-order valence-corrected chi connectivity index (χ4v) is 9.35. The van der Waals surface area contributed by atoms with Gasteiger partial charge in [0.2, 0.25) is 10.0 Å². The summed E-state index contributed by atoms with van der Waals surface area (Å²) in [5.74, 6) is -0.530. The third-order valence-corrected chi connectivity index (χ3v) is 12.8. The third-order valence-electron chi connectivity index (χ3n) is 9.50. The lowest BCUT2D eigenvalue weighted by atomic mass is 9.97. The first-order valence-electron chi connectivity index (χ1n) is 19.4. The second-order valence-electron chi connectivity index (χ2n) is 14.2. The zero-order chi connectivity index (χ0) is 40.5. The van der Waals surface area contributed by atoms with Crippen LogP contribution in [0.25, 0.3) is 0 Å². The van der Waals surface area contributed by atoms with Gasteiger partial charge in [-0.25, -0.2) is 18.3 Å². The van der Waals surface area contributed by atoms with Crippen LogP contribution in [0.5, 0.6) is 0 Å². The Hall–Kier alpha value is -2.64. The van der Waals surface area contributed by atoms with Crippen molar-refractivity contribution in [1.82, 2.24) is 4.31 Å². The molecule has 0 unspecified atom stereocenters. The van der Waals surface area contributed by atoms with Crippen LogP contribution in [0.15, 0.2) is 57.2 Å². The molecule has 0 aliphatic heterocycles. The van der Waals surface area contributed by atoms with E-state index in [9.17, 15) is 13.2 Å². The third kappa shape index (κ3) is 14.1. The van der Waals surface area contributed by atoms with Crippen LogP contribution in [0.2, 0.25) is 10.0 Å². The molecule has 1 N–H and O–H groups in total. The number of aryl methyl sites for hydroxylation is 3. The molecule has 0 saturated heterocycles. The maximum absolute atomic E-state index is 14.3. The van der Waals surface area contributed by atoms with E-state index >= 15 is 0 Å². The number of rotatable bonds is 24. The fourth-order valence-electron chi connectivity index (χ4n) is 6.43. The zero-order valence-corrected chi connectivity index (χ0v) is 37.0. The number of unbranched alkanes of at least 4 members (excludes halogenated alkanes) is 10. The highest BCUT2D eigenvalue weighted by Crippen LogP contribution is 2.35. The van der Waals surface area contributed by atoms with Gasteiger partial charge in [-0.1, -0.05) is 101 Å². The number of halogens is 2. The quantitative estimate of drug-likeness (QED) is 0.0315. The summed E-state index contributed by atoms with van der Waals surface area (Å²) in [7, 11) is 1.38. The number of carbonyl (C=O) groups is 1. The van der Waals surface area contributed by atoms with Gasteiger partial charge < -0.3 is 10.2 Å². The van der Waals surface area contributed by atoms with Gasteiger partial charge in [0.15, 0.2) is 0 Å². The Labute approximate surface area is 344 Å². The summed E-state index contributed by atoms with van der Waals surface area (Å²) in [6.07, 6.45) is 12.6. The molecule has 3 aromatic rings. The van der Waals surface area contributed by atoms with Gasteiger partial charge in [-0.05, 0) is 92.8 Å². The Kier molecular flexibility index (Phi) is 20.0. The molecule has 0 saturated carbocycles. The largest absolute Gasteiger partial charge is 0.378 e. The fraction of sp³-hybridized carbons (Fsp3) is 0.524. The van der Waals surface area contributed by atoms with Gasteiger partial charge in [0, 0.05) is 43.3 Å². The van der Waals surface area contributed by atoms with E-state index in [-0.39, 0.29) is 26.3 Å². The number of hydrogen-bond acceptors (Lipinski definition) is 8. The Balaban J connectivity index is 1.99. The maximum Gasteiger partial charge on any atom is 0.274 e. The van der Waals surface area contributed by atoms with E-state index in [4.69, 9.17) is 37.4 Å². The second-order valence-corrected chi connectivity index (χ2v) is 17.7. The highest BCUT2D eigenvalue weighted by Gasteiger charge is 2.29. The predicted octanol–water partition coefficient (Wildman–Crippen LogP) is 12.0. The summed E-state index contributed by atoms with van der Waals surface area (Å²) in [6.45, 7) is 10.9. The van der Waals surface area contributed by atoms with E-state index in [2.05, 4.69) is 19.2 Å². The monoisotopic (exact) mass is 834 g/mol. The minimum atomic E-state index is -3.97. The van der Waals surface area contributed by atoms with Crippen molar-refractivity contribution in [2.24, 2.45) is 4.99 Å². The lowest BCUT2D eigenvalue weighted by molar-refractivity contribution is -0.160. The number of sulfonamides is 1. The molecule has 55 heavy (non-hydrogen) atoms. The first-order valence-corrected chi connectivity index (χ1v) is 22.3. The maximum atomic E-state index is 14.3. The molecule has 3 rings (SSSR count). The van der Waals surface area contributed by atoms with Crippen LogP contribution in [-0.2, 0) is 24.0 Å². The SMILES string of the molecule is CCCCCCCCN(CCCCCCCC)S(=O)(=O)c1cc(Cl)c(NC(=O)C(=Nc2ccc(N(C)C)cc2C)c2c(C)cc(SOOC)cc2C)cc1Cl. The smallest absolute Gasteiger partial charge is 0.274 e. The molecular formula is C42H60Cl2N4O5S2. The minimum Gasteiger partial charge on any atom is -0.378 e. The summed E-state index contributed by atoms with van der Waals surface area (Å²) in [6, 6.07) is 12.4. The first-order chi connectivity index (χ1) is 26.2. The van der Waals surface area contributed by atoms with E-state index in [1.165, 1.54) is 32.1 Å². The highest BCUT2D eigenvalue weighted by molar-refractivity contribution is 7.94. The molecule has 0 radical (unpaired) electrons. The number of aliphatic imine (C=N–C) groups is 1. The molecule has 0 bridgehead atoms. The van der Waals surface area contributed by atoms with Crippen molar-refractivity contribution in [3.8, 4) is 0 Å². The molecule has 0 heterocycles. The first kappa shape index (κ1) is 46.7. The van der Waals surface area contributed by atoms with Gasteiger partial charge in [0.1, 0.15) is 10.6 Å². The number of benzene rings is 3. The molecule has 0 aromatic heterocycles. The Bertz CT molecular complexity index is 1810. The standard InChI is InChI=1S/C42H60Cl2N4O5S2/c1-9-11-13-15-17-19-23-48(24-20-18-16-14-12-10-2)55(50,51)39-29-35(43)38(28-36(39)44)46-42(49)41(45-37-22-21-33(47(6)7)25-30(37)3)40-31(4)26-34(27-32(40)5)54-53-52-8/h21-22,25-29H,9-20,23-24H2,1-8H3,(H,46,49). The van der Waals surface area contributed by atoms with Crippen LogP contribution in [0.3, 0.4) is 0 Å². The van der Waals surface area contributed by atoms with Crippen LogP contribution >= 0.6 is 35.2 Å². The number of hydrogen-bond donors (Lipinski definition) is 1. The van der Waals surface area contributed by atoms with E-state index in [1.54, 1.807) is 4.31 Å². The minimum absolute atomic E-state index is 0.0175. The topological polar surface area (TPSA) is 101 Å². The molecule has 1 amide bonds. The molecule has 304 valence electrons. The van der Waals surface area contributed by atoms with Crippen LogP contribution in [0.1, 0.15) is 113 Å². The average molecular weight is 836 g/mol. The molecule has 9 nitrogen and oxygen atoms in total. The van der Waals surface area contributed by atoms with Gasteiger partial charge in [-0.15, -0.1) is 0 Å². The van der Waals surface area contributed by atoms with Gasteiger partial charge >= 0.3 is 0 Å². The van der Waals surface area contributed by atoms with E-state index in [0.717, 1.165) is 104 Å². The number of anilines is 2. The highest BCUT2D eigenvalue weighted by atomic mass is 35.5. The lowest BCUT2D eigenvalue weighted by Crippen LogP contribution is -2.33. The zero-order valence-electron chi connectivity index (χ0n) is 33.9. The summed E-state index contributed by atoms with van der Waals surface area (Å²) in [4.78, 5) is 26.7. The van der Waals surface area contributed by atoms with Gasteiger partial charge in [-0.2, -0.15) is 8.64 Å². The van der Waals surface area contributed by atoms with E-state index in [0.29, 0.717) is 24.3 Å². The molecule has 0 aliphatic carbocycles. The van der Waals surface area contributed by atoms with E-state index < -0.39 is 15.9 Å². The lowest BCUT2D eigenvalue weighted by Gasteiger charge is -2.23. The van der Waals surface area contributed by atoms with Crippen molar-refractivity contribution >= 4 is 73.9 Å². The summed E-state index contributed by atoms with van der Waals surface area (Å²) >= 11 is 14.6. The summed E-state index contributed by atoms with van der Waals surface area (Å²) in [5, 5.41) is 2.93. The number of amides is 1. The van der Waals surface area contributed by atoms with Crippen molar-refractivity contribution in [2.45, 2.75) is 121 Å². The predicted molar refractivity (Wildman–Crippen MR) is 232 cm³/mol. The molecule has 0 fully saturated rings. The summed E-state index contributed by atoms with van der Waals surface area (Å²) < 4.78 is 35.0. The molecule has 13 heteroatoms. The Morgan fingerprint density at radius 3 is 1.87 bits per heavy atom. The van der Waals surface area contributed by atoms with Crippen LogP contribution < -0.4 is 10.2 Å². The Morgan fingerprint density at radius 1 is 0.782 bits per heavy atom. The van der Waals surface area contributed by atoms with Gasteiger partial charge in [0.25, 0.3) is 5.91 Å². The molecule has 0 spiro atoms. The van der Waals surface area contributed by atoms with Crippen molar-refractivity contribution in [3.05, 3.63) is 74.8 Å². The normalized spacial score (nSPS) is 12.1. The van der Waals surface area contributed by atoms with Crippen LogP contribution in [0.4, 0.5) is 17.1 Å². The number of carbonyl (C=O) groups excluding carboxylic acids is 1. The van der Waals surface area contributed by atoms with Crippen LogP contribution in [0, 0.1) is 20.8 Å². The van der Waals surface area contributed by atoms with Crippen molar-refractivity contribution in [3.63, 3.8) is 0 Å². The van der Waals surface area contributed by atoms with Crippen molar-refractivity contribution < 1.29 is 22.4 Å². The molecule has 0 atom stereocenters. The number of nitrogens with one attached hydrogen (secondary N) is 1. The van der Waals surface area contributed by atoms with Crippen LogP contribution in [-0.4, -0.2) is 58.6 Å². The average Bonchev–Trinajstić information content (AvgIpc) is 3.13. The number of nitrogens with zero attached hydrogens (tertiary/aromatic N) is 3. The molecule has 0 aliphatic rings. The van der Waals surface area contributed by atoms with Gasteiger partial charge in [0.05, 0.1) is 40.6 Å². The van der Waals surface area contributed by atoms with Gasteiger partial charge in [-0.3, -0.25) is 4.79 Å². The molecular weight excluding hydrogens is 776 g/mol. The second kappa shape index (κ2) is 23.6. The van der Waals surface area contributed by atoms with Crippen molar-refractivity contribution in [2.75, 3.05) is 44.5 Å². The van der Waals surface area contributed by atoms with Crippen molar-refractivity contribution in [1.29, 1.82) is 0 Å². The molecule has 3 aromatic carbocycles. The summed E-state index contributed by atoms with van der Waals surface area (Å²) in [5.41, 5.74) is 5.07. The van der Waals surface area contributed by atoms with E-state index in [1.807, 2.05) is 70.1 Å².